The summed E-state index contributed by atoms with van der Waals surface area (Å²) in [5.41, 5.74) is 1.96. The minimum absolute atomic E-state index is 0.0121. The van der Waals surface area contributed by atoms with E-state index in [-0.39, 0.29) is 17.6 Å². The Morgan fingerprint density at radius 1 is 1.03 bits per heavy atom. The highest BCUT2D eigenvalue weighted by molar-refractivity contribution is 9.10. The predicted octanol–water partition coefficient (Wildman–Crippen LogP) is 4.39. The van der Waals surface area contributed by atoms with Crippen molar-refractivity contribution in [1.82, 2.24) is 9.62 Å². The van der Waals surface area contributed by atoms with Gasteiger partial charge in [-0.1, -0.05) is 51.8 Å². The molecule has 1 aliphatic rings. The van der Waals surface area contributed by atoms with Gasteiger partial charge >= 0.3 is 0 Å². The second-order valence-corrected chi connectivity index (χ2v) is 10.9. The summed E-state index contributed by atoms with van der Waals surface area (Å²) in [6, 6.07) is 15.0. The van der Waals surface area contributed by atoms with Crippen LogP contribution in [0.2, 0.25) is 5.02 Å². The lowest BCUT2D eigenvalue weighted by Gasteiger charge is -2.30. The number of hydrogen-bond acceptors (Lipinski definition) is 3. The van der Waals surface area contributed by atoms with Crippen LogP contribution in [0.3, 0.4) is 0 Å². The minimum atomic E-state index is -3.38. The Morgan fingerprint density at radius 3 is 2.27 bits per heavy atom. The highest BCUT2D eigenvalue weighted by Gasteiger charge is 2.31. The molecule has 3 rings (SSSR count). The van der Waals surface area contributed by atoms with E-state index in [9.17, 15) is 13.2 Å². The van der Waals surface area contributed by atoms with Crippen molar-refractivity contribution in [2.75, 3.05) is 19.6 Å². The first kappa shape index (κ1) is 23.3. The van der Waals surface area contributed by atoms with Crippen LogP contribution in [0.25, 0.3) is 0 Å². The molecule has 0 aliphatic carbocycles. The highest BCUT2D eigenvalue weighted by Crippen LogP contribution is 2.22. The number of nitrogens with zero attached hydrogens (tertiary/aromatic N) is 1. The van der Waals surface area contributed by atoms with E-state index in [0.29, 0.717) is 32.5 Å². The molecule has 0 atom stereocenters. The van der Waals surface area contributed by atoms with E-state index in [1.54, 1.807) is 0 Å². The quantitative estimate of drug-likeness (QED) is 0.532. The molecule has 0 aromatic heterocycles. The number of piperidine rings is 1. The number of aryl methyl sites for hydroxylation is 1. The van der Waals surface area contributed by atoms with E-state index in [0.717, 1.165) is 27.9 Å². The highest BCUT2D eigenvalue weighted by atomic mass is 79.9. The van der Waals surface area contributed by atoms with Crippen LogP contribution in [0.5, 0.6) is 0 Å². The standard InChI is InChI=1S/C22H26BrClN2O3S/c23-20-7-3-18(4-8-20)16-30(28,29)26-14-11-19(12-15-26)22(27)25-13-1-2-17-5-9-21(24)10-6-17/h3-10,19H,1-2,11-16H2,(H,25,27). The first-order valence-corrected chi connectivity index (χ1v) is 12.9. The summed E-state index contributed by atoms with van der Waals surface area (Å²) in [7, 11) is -3.38. The van der Waals surface area contributed by atoms with Crippen LogP contribution in [-0.2, 0) is 27.0 Å². The van der Waals surface area contributed by atoms with Crippen molar-refractivity contribution in [3.05, 3.63) is 69.2 Å². The maximum Gasteiger partial charge on any atom is 0.223 e. The van der Waals surface area contributed by atoms with Crippen LogP contribution in [0, 0.1) is 5.92 Å². The number of halogens is 2. The van der Waals surface area contributed by atoms with Gasteiger partial charge in [-0.2, -0.15) is 0 Å². The molecule has 0 spiro atoms. The number of nitrogens with one attached hydrogen (secondary N) is 1. The van der Waals surface area contributed by atoms with Gasteiger partial charge in [-0.25, -0.2) is 12.7 Å². The Bertz CT molecular complexity index is 941. The van der Waals surface area contributed by atoms with Crippen LogP contribution < -0.4 is 5.32 Å². The lowest BCUT2D eigenvalue weighted by Crippen LogP contribution is -2.43. The molecular formula is C22H26BrClN2O3S. The van der Waals surface area contributed by atoms with Crippen LogP contribution in [-0.4, -0.2) is 38.3 Å². The second-order valence-electron chi connectivity index (χ2n) is 7.58. The van der Waals surface area contributed by atoms with E-state index in [1.165, 1.54) is 9.87 Å². The number of sulfonamides is 1. The summed E-state index contributed by atoms with van der Waals surface area (Å²) in [4.78, 5) is 12.4. The fraction of sp³-hybridized carbons (Fsp3) is 0.409. The summed E-state index contributed by atoms with van der Waals surface area (Å²) in [6.07, 6.45) is 2.85. The third kappa shape index (κ3) is 6.80. The zero-order valence-corrected chi connectivity index (χ0v) is 19.8. The molecule has 162 valence electrons. The molecule has 1 heterocycles. The average Bonchev–Trinajstić information content (AvgIpc) is 2.74. The first-order chi connectivity index (χ1) is 14.3. The number of carbonyl (C=O) groups excluding carboxylic acids is 1. The van der Waals surface area contributed by atoms with Crippen molar-refractivity contribution < 1.29 is 13.2 Å². The SMILES string of the molecule is O=C(NCCCc1ccc(Cl)cc1)C1CCN(S(=O)(=O)Cc2ccc(Br)cc2)CC1. The summed E-state index contributed by atoms with van der Waals surface area (Å²) >= 11 is 9.24. The molecule has 1 amide bonds. The van der Waals surface area contributed by atoms with Crippen molar-refractivity contribution in [2.24, 2.45) is 5.92 Å². The van der Waals surface area contributed by atoms with Gasteiger partial charge in [-0.05, 0) is 61.1 Å². The molecule has 0 unspecified atom stereocenters. The molecule has 5 nitrogen and oxygen atoms in total. The summed E-state index contributed by atoms with van der Waals surface area (Å²) in [6.45, 7) is 1.40. The average molecular weight is 514 g/mol. The second kappa shape index (κ2) is 10.8. The van der Waals surface area contributed by atoms with Crippen molar-refractivity contribution in [1.29, 1.82) is 0 Å². The summed E-state index contributed by atoms with van der Waals surface area (Å²) in [5.74, 6) is -0.113. The molecule has 0 bridgehead atoms. The normalized spacial score (nSPS) is 15.8. The van der Waals surface area contributed by atoms with E-state index in [1.807, 2.05) is 48.5 Å². The largest absolute Gasteiger partial charge is 0.356 e. The molecule has 0 saturated carbocycles. The number of rotatable bonds is 8. The van der Waals surface area contributed by atoms with Gasteiger partial charge < -0.3 is 5.32 Å². The number of benzene rings is 2. The van der Waals surface area contributed by atoms with Crippen LogP contribution in [0.15, 0.2) is 53.0 Å². The van der Waals surface area contributed by atoms with Gasteiger partial charge in [0.05, 0.1) is 5.75 Å². The van der Waals surface area contributed by atoms with Crippen LogP contribution >= 0.6 is 27.5 Å². The molecule has 1 aliphatic heterocycles. The van der Waals surface area contributed by atoms with Gasteiger partial charge in [0.1, 0.15) is 0 Å². The predicted molar refractivity (Wildman–Crippen MR) is 124 cm³/mol. The van der Waals surface area contributed by atoms with Gasteiger partial charge in [0.15, 0.2) is 0 Å². The number of hydrogen-bond donors (Lipinski definition) is 1. The fourth-order valence-electron chi connectivity index (χ4n) is 3.58. The number of carbonyl (C=O) groups is 1. The Labute approximate surface area is 192 Å². The maximum absolute atomic E-state index is 12.7. The van der Waals surface area contributed by atoms with Gasteiger partial charge in [0, 0.05) is 35.0 Å². The molecule has 8 heteroatoms. The zero-order chi connectivity index (χ0) is 21.6. The van der Waals surface area contributed by atoms with E-state index >= 15 is 0 Å². The van der Waals surface area contributed by atoms with Crippen molar-refractivity contribution >= 4 is 43.5 Å². The Kier molecular flexibility index (Phi) is 8.34. The lowest BCUT2D eigenvalue weighted by molar-refractivity contribution is -0.126. The van der Waals surface area contributed by atoms with E-state index in [2.05, 4.69) is 21.2 Å². The molecule has 2 aromatic carbocycles. The van der Waals surface area contributed by atoms with Crippen LogP contribution in [0.4, 0.5) is 0 Å². The molecule has 2 aromatic rings. The zero-order valence-electron chi connectivity index (χ0n) is 16.7. The van der Waals surface area contributed by atoms with Gasteiger partial charge in [-0.3, -0.25) is 4.79 Å². The Morgan fingerprint density at radius 2 is 1.63 bits per heavy atom. The lowest BCUT2D eigenvalue weighted by atomic mass is 9.97. The summed E-state index contributed by atoms with van der Waals surface area (Å²) < 4.78 is 27.8. The van der Waals surface area contributed by atoms with Crippen molar-refractivity contribution in [2.45, 2.75) is 31.4 Å². The molecule has 1 fully saturated rings. The first-order valence-electron chi connectivity index (χ1n) is 10.1. The Hall–Kier alpha value is -1.41. The summed E-state index contributed by atoms with van der Waals surface area (Å²) in [5, 5.41) is 3.71. The fourth-order valence-corrected chi connectivity index (χ4v) is 5.53. The molecular weight excluding hydrogens is 488 g/mol. The Balaban J connectivity index is 1.40. The van der Waals surface area contributed by atoms with E-state index in [4.69, 9.17) is 11.6 Å². The van der Waals surface area contributed by atoms with Gasteiger partial charge in [-0.15, -0.1) is 0 Å². The molecule has 1 saturated heterocycles. The third-order valence-corrected chi connectivity index (χ3v) is 7.97. The van der Waals surface area contributed by atoms with Gasteiger partial charge in [0.25, 0.3) is 0 Å². The molecule has 0 radical (unpaired) electrons. The smallest absolute Gasteiger partial charge is 0.223 e. The topological polar surface area (TPSA) is 66.5 Å². The monoisotopic (exact) mass is 512 g/mol. The van der Waals surface area contributed by atoms with E-state index < -0.39 is 10.0 Å². The van der Waals surface area contributed by atoms with Crippen LogP contribution in [0.1, 0.15) is 30.4 Å². The number of amides is 1. The van der Waals surface area contributed by atoms with Crippen molar-refractivity contribution in [3.63, 3.8) is 0 Å². The van der Waals surface area contributed by atoms with Crippen molar-refractivity contribution in [3.8, 4) is 0 Å². The third-order valence-electron chi connectivity index (χ3n) is 5.34. The molecule has 30 heavy (non-hydrogen) atoms. The van der Waals surface area contributed by atoms with Gasteiger partial charge in [0.2, 0.25) is 15.9 Å². The minimum Gasteiger partial charge on any atom is -0.356 e. The molecule has 1 N–H and O–H groups in total. The maximum atomic E-state index is 12.7.